The van der Waals surface area contributed by atoms with Gasteiger partial charge in [0, 0.05) is 50.3 Å². The summed E-state index contributed by atoms with van der Waals surface area (Å²) in [6.45, 7) is 18.3. The van der Waals surface area contributed by atoms with Crippen molar-refractivity contribution in [2.24, 2.45) is 5.73 Å². The second-order valence-corrected chi connectivity index (χ2v) is 8.67. The van der Waals surface area contributed by atoms with Gasteiger partial charge in [0.1, 0.15) is 5.60 Å². The van der Waals surface area contributed by atoms with Crippen LogP contribution in [0.3, 0.4) is 0 Å². The minimum absolute atomic E-state index is 0. The number of hydrogen-bond donors (Lipinski definition) is 2. The molecule has 1 amide bonds. The molecule has 2 fully saturated rings. The molecule has 0 saturated carbocycles. The Balaban J connectivity index is 0. The summed E-state index contributed by atoms with van der Waals surface area (Å²) in [6.07, 6.45) is 2.14. The van der Waals surface area contributed by atoms with Crippen molar-refractivity contribution in [2.75, 3.05) is 26.2 Å². The van der Waals surface area contributed by atoms with E-state index in [0.717, 1.165) is 19.5 Å². The molecule has 2 saturated heterocycles. The van der Waals surface area contributed by atoms with Gasteiger partial charge in [0.25, 0.3) is 0 Å². The summed E-state index contributed by atoms with van der Waals surface area (Å²) in [6, 6.07) is 2.41. The van der Waals surface area contributed by atoms with Gasteiger partial charge >= 0.3 is 6.09 Å². The van der Waals surface area contributed by atoms with E-state index >= 15 is 0 Å². The lowest BCUT2D eigenvalue weighted by Gasteiger charge is -2.44. The normalized spacial score (nSPS) is 22.4. The monoisotopic (exact) mass is 428 g/mol. The number of rotatable bonds is 5. The summed E-state index contributed by atoms with van der Waals surface area (Å²) in [7, 11) is 0. The molecule has 2 aliphatic heterocycles. The number of ether oxygens (including phenoxy) is 1. The second kappa shape index (κ2) is 13.0. The molecule has 27 heavy (non-hydrogen) atoms. The van der Waals surface area contributed by atoms with Crippen LogP contribution in [0.4, 0.5) is 4.79 Å². The molecule has 2 unspecified atom stereocenters. The third-order valence-electron chi connectivity index (χ3n) is 4.86. The van der Waals surface area contributed by atoms with Gasteiger partial charge in [-0.1, -0.05) is 0 Å². The lowest BCUT2D eigenvalue weighted by Crippen LogP contribution is -2.56. The molecule has 0 aliphatic carbocycles. The van der Waals surface area contributed by atoms with Crippen LogP contribution in [0.5, 0.6) is 0 Å². The first-order chi connectivity index (χ1) is 11.5. The summed E-state index contributed by atoms with van der Waals surface area (Å²) < 4.78 is 5.18. The third-order valence-corrected chi connectivity index (χ3v) is 4.86. The number of amides is 1. The van der Waals surface area contributed by atoms with E-state index in [2.05, 4.69) is 42.8 Å². The van der Waals surface area contributed by atoms with E-state index in [-0.39, 0.29) is 30.9 Å². The number of halogens is 2. The summed E-state index contributed by atoms with van der Waals surface area (Å²) in [5.74, 6) is 0. The van der Waals surface area contributed by atoms with Crippen LogP contribution in [-0.2, 0) is 4.74 Å². The van der Waals surface area contributed by atoms with Gasteiger partial charge in [-0.3, -0.25) is 9.80 Å². The molecule has 6 nitrogen and oxygen atoms in total. The quantitative estimate of drug-likeness (QED) is 0.702. The molecule has 0 spiro atoms. The number of nitrogens with zero attached hydrogens (tertiary/aromatic N) is 2. The van der Waals surface area contributed by atoms with E-state index < -0.39 is 5.60 Å². The van der Waals surface area contributed by atoms with E-state index in [1.807, 2.05) is 20.8 Å². The third kappa shape index (κ3) is 10.2. The molecule has 2 rings (SSSR count). The summed E-state index contributed by atoms with van der Waals surface area (Å²) in [4.78, 5) is 16.3. The van der Waals surface area contributed by atoms with Gasteiger partial charge in [0.15, 0.2) is 0 Å². The Morgan fingerprint density at radius 1 is 1.04 bits per heavy atom. The van der Waals surface area contributed by atoms with Crippen molar-refractivity contribution in [1.82, 2.24) is 15.1 Å². The van der Waals surface area contributed by atoms with Gasteiger partial charge in [-0.15, -0.1) is 24.8 Å². The highest BCUT2D eigenvalue weighted by Crippen LogP contribution is 2.20. The zero-order valence-corrected chi connectivity index (χ0v) is 19.8. The number of likely N-dealkylation sites (tertiary alicyclic amines) is 2. The Kier molecular flexibility index (Phi) is 14.0. The van der Waals surface area contributed by atoms with E-state index in [1.54, 1.807) is 0 Å². The fourth-order valence-corrected chi connectivity index (χ4v) is 3.27. The fourth-order valence-electron chi connectivity index (χ4n) is 3.27. The first-order valence-corrected chi connectivity index (χ1v) is 9.73. The number of nitrogens with one attached hydrogen (secondary N) is 1. The van der Waals surface area contributed by atoms with Gasteiger partial charge in [-0.2, -0.15) is 0 Å². The van der Waals surface area contributed by atoms with Crippen molar-refractivity contribution in [3.8, 4) is 0 Å². The molecule has 0 radical (unpaired) electrons. The highest BCUT2D eigenvalue weighted by atomic mass is 35.5. The summed E-state index contributed by atoms with van der Waals surface area (Å²) in [5.41, 5.74) is 5.11. The minimum Gasteiger partial charge on any atom is -0.444 e. The molecular weight excluding hydrogens is 387 g/mol. The molecule has 0 aromatic carbocycles. The Morgan fingerprint density at radius 2 is 1.48 bits per heavy atom. The van der Waals surface area contributed by atoms with Crippen molar-refractivity contribution >= 4 is 30.9 Å². The van der Waals surface area contributed by atoms with Gasteiger partial charge in [0.05, 0.1) is 0 Å². The van der Waals surface area contributed by atoms with E-state index in [4.69, 9.17) is 10.5 Å². The Morgan fingerprint density at radius 3 is 1.74 bits per heavy atom. The maximum Gasteiger partial charge on any atom is 0.407 e. The van der Waals surface area contributed by atoms with Crippen molar-refractivity contribution in [3.63, 3.8) is 0 Å². The maximum atomic E-state index is 11.4. The van der Waals surface area contributed by atoms with Crippen molar-refractivity contribution in [1.29, 1.82) is 0 Å². The van der Waals surface area contributed by atoms with Crippen LogP contribution in [0.25, 0.3) is 0 Å². The van der Waals surface area contributed by atoms with E-state index in [9.17, 15) is 4.79 Å². The predicted molar refractivity (Wildman–Crippen MR) is 118 cm³/mol. The zero-order chi connectivity index (χ0) is 19.2. The van der Waals surface area contributed by atoms with Gasteiger partial charge in [-0.05, 0) is 61.3 Å². The average molecular weight is 429 g/mol. The molecule has 0 bridgehead atoms. The van der Waals surface area contributed by atoms with Crippen molar-refractivity contribution < 1.29 is 9.53 Å². The largest absolute Gasteiger partial charge is 0.444 e. The predicted octanol–water partition coefficient (Wildman–Crippen LogP) is 3.27. The van der Waals surface area contributed by atoms with Crippen LogP contribution in [0.1, 0.15) is 61.3 Å². The van der Waals surface area contributed by atoms with Crippen LogP contribution in [0.15, 0.2) is 0 Å². The highest BCUT2D eigenvalue weighted by Gasteiger charge is 2.30. The minimum atomic E-state index is -0.415. The molecule has 2 aliphatic rings. The number of carbonyl (C=O) groups excluding carboxylic acids is 1. The van der Waals surface area contributed by atoms with Gasteiger partial charge in [-0.25, -0.2) is 4.79 Å². The molecule has 164 valence electrons. The second-order valence-electron chi connectivity index (χ2n) is 8.67. The van der Waals surface area contributed by atoms with Crippen LogP contribution in [0, 0.1) is 0 Å². The van der Waals surface area contributed by atoms with Gasteiger partial charge in [0.2, 0.25) is 0 Å². The summed E-state index contributed by atoms with van der Waals surface area (Å²) >= 11 is 0. The SMILES string of the molecule is CC(C)N1CCC1CN.CC(C)N1CCC1CNC(=O)OC(C)(C)C.Cl.Cl. The number of alkyl carbamates (subject to hydrolysis) is 1. The number of nitrogens with two attached hydrogens (primary N) is 1. The van der Waals surface area contributed by atoms with Crippen LogP contribution in [0.2, 0.25) is 0 Å². The zero-order valence-electron chi connectivity index (χ0n) is 18.2. The Labute approximate surface area is 178 Å². The Bertz CT molecular complexity index is 415. The molecule has 0 aromatic rings. The number of hydrogen-bond acceptors (Lipinski definition) is 5. The molecular formula is C19H42Cl2N4O2. The molecule has 2 atom stereocenters. The molecule has 0 aromatic heterocycles. The topological polar surface area (TPSA) is 70.8 Å². The lowest BCUT2D eigenvalue weighted by atomic mass is 10.0. The molecule has 3 N–H and O–H groups in total. The Hall–Kier alpha value is -0.270. The van der Waals surface area contributed by atoms with E-state index in [0.29, 0.717) is 30.7 Å². The average Bonchev–Trinajstić information content (AvgIpc) is 2.33. The van der Waals surface area contributed by atoms with Gasteiger partial charge < -0.3 is 15.8 Å². The highest BCUT2D eigenvalue weighted by molar-refractivity contribution is 5.85. The van der Waals surface area contributed by atoms with Crippen LogP contribution < -0.4 is 11.1 Å². The van der Waals surface area contributed by atoms with Crippen molar-refractivity contribution in [3.05, 3.63) is 0 Å². The first kappa shape index (κ1) is 28.9. The number of carbonyl (C=O) groups is 1. The maximum absolute atomic E-state index is 11.4. The first-order valence-electron chi connectivity index (χ1n) is 9.73. The van der Waals surface area contributed by atoms with Crippen molar-refractivity contribution in [2.45, 2.75) is 91.1 Å². The van der Waals surface area contributed by atoms with E-state index in [1.165, 1.54) is 13.0 Å². The fraction of sp³-hybridized carbons (Fsp3) is 0.947. The van der Waals surface area contributed by atoms with Crippen LogP contribution >= 0.6 is 24.8 Å². The molecule has 2 heterocycles. The lowest BCUT2D eigenvalue weighted by molar-refractivity contribution is 0.0365. The van der Waals surface area contributed by atoms with Crippen LogP contribution in [-0.4, -0.2) is 71.8 Å². The molecule has 8 heteroatoms. The smallest absolute Gasteiger partial charge is 0.407 e. The standard InChI is InChI=1S/C12H24N2O2.C7H16N2.2ClH/c1-9(2)14-7-6-10(14)8-13-11(15)16-12(3,4)5;1-6(2)9-4-3-7(9)5-8;;/h9-10H,6-8H2,1-5H3,(H,13,15);6-7H,3-5,8H2,1-2H3;2*1H. The summed E-state index contributed by atoms with van der Waals surface area (Å²) in [5, 5.41) is 2.82.